The zero-order chi connectivity index (χ0) is 17.3. The van der Waals surface area contributed by atoms with Gasteiger partial charge in [0.15, 0.2) is 12.2 Å². The van der Waals surface area contributed by atoms with Crippen molar-refractivity contribution in [3.63, 3.8) is 0 Å². The van der Waals surface area contributed by atoms with Crippen molar-refractivity contribution in [3.8, 4) is 0 Å². The maximum Gasteiger partial charge on any atom is 0.465 e. The highest BCUT2D eigenvalue weighted by atomic mass is 32.2. The molecule has 128 valence electrons. The number of esters is 2. The van der Waals surface area contributed by atoms with Gasteiger partial charge < -0.3 is 19.3 Å². The molecule has 6 atom stereocenters. The molecule has 0 saturated carbocycles. The van der Waals surface area contributed by atoms with Gasteiger partial charge in [0.05, 0.1) is 0 Å². The highest BCUT2D eigenvalue weighted by Crippen LogP contribution is 2.51. The number of halogens is 2. The van der Waals surface area contributed by atoms with Crippen LogP contribution in [0.3, 0.4) is 0 Å². The van der Waals surface area contributed by atoms with E-state index >= 15 is 0 Å². The molecular weight excluding hydrogens is 350 g/mol. The minimum Gasteiger partial charge on any atom is -0.481 e. The van der Waals surface area contributed by atoms with Gasteiger partial charge in [-0.2, -0.15) is 17.2 Å². The van der Waals surface area contributed by atoms with Crippen LogP contribution in [0.25, 0.3) is 0 Å². The van der Waals surface area contributed by atoms with Crippen molar-refractivity contribution in [3.05, 3.63) is 0 Å². The van der Waals surface area contributed by atoms with Gasteiger partial charge in [0.1, 0.15) is 24.0 Å². The van der Waals surface area contributed by atoms with Gasteiger partial charge in [0, 0.05) is 0 Å². The van der Waals surface area contributed by atoms with Gasteiger partial charge in [0.25, 0.3) is 0 Å². The molecule has 0 aromatic rings. The summed E-state index contributed by atoms with van der Waals surface area (Å²) in [5.74, 6) is -7.68. The number of carboxylic acids is 1. The number of ether oxygens (including phenoxy) is 3. The molecule has 13 heteroatoms. The van der Waals surface area contributed by atoms with Gasteiger partial charge in [-0.05, 0) is 0 Å². The lowest BCUT2D eigenvalue weighted by molar-refractivity contribution is -0.177. The number of hydrogen-bond donors (Lipinski definition) is 2. The van der Waals surface area contributed by atoms with E-state index in [2.05, 4.69) is 4.74 Å². The number of rotatable bonds is 4. The van der Waals surface area contributed by atoms with Crippen LogP contribution in [0.1, 0.15) is 0 Å². The van der Waals surface area contributed by atoms with E-state index in [1.54, 1.807) is 0 Å². The minimum atomic E-state index is -6.08. The number of fused-ring (bicyclic) bond motifs is 1. The minimum absolute atomic E-state index is 0.935. The summed E-state index contributed by atoms with van der Waals surface area (Å²) in [7, 11) is -6.08. The fraction of sp³-hybridized carbons (Fsp3) is 0.700. The molecule has 10 nitrogen and oxygen atoms in total. The number of carboxylic acid groups (broad SMARTS) is 1. The molecule has 0 radical (unpaired) electrons. The molecule has 0 spiro atoms. The molecule has 3 saturated heterocycles. The Balaban J connectivity index is 1.87. The van der Waals surface area contributed by atoms with Crippen LogP contribution in [0.2, 0.25) is 0 Å². The molecule has 0 aliphatic carbocycles. The highest BCUT2D eigenvalue weighted by Gasteiger charge is 2.72. The number of carbonyl (C=O) groups is 3. The molecule has 3 fully saturated rings. The van der Waals surface area contributed by atoms with E-state index < -0.39 is 69.5 Å². The number of alkyl halides is 2. The molecule has 3 heterocycles. The monoisotopic (exact) mass is 358 g/mol. The van der Waals surface area contributed by atoms with Crippen molar-refractivity contribution in [2.45, 2.75) is 29.7 Å². The second-order valence-corrected chi connectivity index (χ2v) is 6.68. The van der Waals surface area contributed by atoms with Crippen LogP contribution < -0.4 is 0 Å². The van der Waals surface area contributed by atoms with Crippen LogP contribution in [-0.2, 0) is 38.7 Å². The summed E-state index contributed by atoms with van der Waals surface area (Å²) in [5, 5.41) is 3.85. The number of carbonyl (C=O) groups excluding carboxylic acids is 2. The predicted molar refractivity (Wildman–Crippen MR) is 59.5 cm³/mol. The Morgan fingerprint density at radius 3 is 2.35 bits per heavy atom. The first-order chi connectivity index (χ1) is 10.5. The maximum atomic E-state index is 13.2. The Morgan fingerprint density at radius 1 is 1.22 bits per heavy atom. The summed E-state index contributed by atoms with van der Waals surface area (Å²) in [4.78, 5) is 34.1. The third kappa shape index (κ3) is 2.03. The van der Waals surface area contributed by atoms with Gasteiger partial charge in [-0.1, -0.05) is 0 Å². The fourth-order valence-electron chi connectivity index (χ4n) is 3.05. The summed E-state index contributed by atoms with van der Waals surface area (Å²) in [5.41, 5.74) is 0. The zero-order valence-corrected chi connectivity index (χ0v) is 11.6. The summed E-state index contributed by atoms with van der Waals surface area (Å²) in [6, 6.07) is 0. The summed E-state index contributed by atoms with van der Waals surface area (Å²) >= 11 is 0. The lowest BCUT2D eigenvalue weighted by Gasteiger charge is -2.26. The average Bonchev–Trinajstić information content (AvgIpc) is 2.99. The molecule has 23 heavy (non-hydrogen) atoms. The summed E-state index contributed by atoms with van der Waals surface area (Å²) < 4.78 is 70.0. The van der Waals surface area contributed by atoms with E-state index in [-0.39, 0.29) is 0 Å². The fourth-order valence-corrected chi connectivity index (χ4v) is 3.31. The SMILES string of the molecule is O=C(O)C1C2OC3C(OC(=O)C31)C2OC(=O)C(F)(F)S(=O)(=O)O. The first-order valence-electron chi connectivity index (χ1n) is 6.11. The smallest absolute Gasteiger partial charge is 0.465 e. The maximum absolute atomic E-state index is 13.2. The molecule has 0 amide bonds. The van der Waals surface area contributed by atoms with Gasteiger partial charge in [-0.25, -0.2) is 4.79 Å². The van der Waals surface area contributed by atoms with Gasteiger partial charge >= 0.3 is 33.3 Å². The molecular formula is C10H8F2O10S. The normalized spacial score (nSPS) is 38.5. The second kappa shape index (κ2) is 4.58. The van der Waals surface area contributed by atoms with Crippen molar-refractivity contribution in [2.75, 3.05) is 0 Å². The van der Waals surface area contributed by atoms with Crippen LogP contribution >= 0.6 is 0 Å². The van der Waals surface area contributed by atoms with Gasteiger partial charge in [-0.3, -0.25) is 14.1 Å². The molecule has 3 rings (SSSR count). The first kappa shape index (κ1) is 16.0. The third-order valence-electron chi connectivity index (χ3n) is 3.99. The van der Waals surface area contributed by atoms with E-state index in [0.29, 0.717) is 0 Å². The Morgan fingerprint density at radius 2 is 1.83 bits per heavy atom. The molecule has 6 unspecified atom stereocenters. The van der Waals surface area contributed by atoms with Crippen LogP contribution in [0.15, 0.2) is 0 Å². The Bertz CT molecular complexity index is 702. The standard InChI is InChI=1S/C10H8F2O10S/c11-10(12,23(17,18)19)9(16)22-6-3-1(7(13)14)2-4(20-3)5(6)21-8(2)15/h1-6H,(H,13,14)(H,17,18,19). The predicted octanol–water partition coefficient (Wildman–Crippen LogP) is -1.60. The van der Waals surface area contributed by atoms with E-state index in [9.17, 15) is 31.6 Å². The molecule has 3 aliphatic heterocycles. The largest absolute Gasteiger partial charge is 0.481 e. The van der Waals surface area contributed by atoms with Crippen molar-refractivity contribution in [2.24, 2.45) is 11.8 Å². The average molecular weight is 358 g/mol. The van der Waals surface area contributed by atoms with Crippen LogP contribution in [0, 0.1) is 11.8 Å². The van der Waals surface area contributed by atoms with Gasteiger partial charge in [-0.15, -0.1) is 0 Å². The topological polar surface area (TPSA) is 154 Å². The van der Waals surface area contributed by atoms with E-state index in [1.807, 2.05) is 0 Å². The van der Waals surface area contributed by atoms with Crippen molar-refractivity contribution < 1.29 is 55.5 Å². The summed E-state index contributed by atoms with van der Waals surface area (Å²) in [6.45, 7) is 0. The second-order valence-electron chi connectivity index (χ2n) is 5.22. The third-order valence-corrected chi connectivity index (χ3v) is 4.81. The number of aliphatic carboxylic acids is 1. The highest BCUT2D eigenvalue weighted by molar-refractivity contribution is 7.87. The lowest BCUT2D eigenvalue weighted by atomic mass is 9.78. The molecule has 2 N–H and O–H groups in total. The summed E-state index contributed by atoms with van der Waals surface area (Å²) in [6.07, 6.45) is -5.57. The van der Waals surface area contributed by atoms with Crippen LogP contribution in [-0.4, -0.2) is 65.7 Å². The van der Waals surface area contributed by atoms with Crippen LogP contribution in [0.4, 0.5) is 8.78 Å². The molecule has 2 bridgehead atoms. The van der Waals surface area contributed by atoms with Crippen molar-refractivity contribution in [1.82, 2.24) is 0 Å². The van der Waals surface area contributed by atoms with Crippen molar-refractivity contribution in [1.29, 1.82) is 0 Å². The van der Waals surface area contributed by atoms with E-state index in [4.69, 9.17) is 19.1 Å². The quantitative estimate of drug-likeness (QED) is 0.444. The van der Waals surface area contributed by atoms with Crippen molar-refractivity contribution >= 4 is 28.0 Å². The van der Waals surface area contributed by atoms with Gasteiger partial charge in [0.2, 0.25) is 0 Å². The van der Waals surface area contributed by atoms with E-state index in [1.165, 1.54) is 0 Å². The van der Waals surface area contributed by atoms with Crippen LogP contribution in [0.5, 0.6) is 0 Å². The Kier molecular flexibility index (Phi) is 3.19. The first-order valence-corrected chi connectivity index (χ1v) is 7.55. The molecule has 3 aliphatic rings. The molecule has 0 aromatic carbocycles. The van der Waals surface area contributed by atoms with E-state index in [0.717, 1.165) is 0 Å². The Labute approximate surface area is 126 Å². The number of hydrogen-bond acceptors (Lipinski definition) is 8. The molecule has 0 aromatic heterocycles. The Hall–Kier alpha value is -1.86. The zero-order valence-electron chi connectivity index (χ0n) is 10.8. The lowest BCUT2D eigenvalue weighted by Crippen LogP contribution is -2.50.